The van der Waals surface area contributed by atoms with Crippen LogP contribution in [0.4, 0.5) is 5.95 Å². The van der Waals surface area contributed by atoms with Gasteiger partial charge in [-0.15, -0.1) is 0 Å². The standard InChI is InChI=1S/C12H16N6O/c19-10-6-9(7-14-8-10)11-15-12(17-16-11)18-4-1-2-13-3-5-18/h6-8,13,19H,1-5H2,(H,15,16,17). The zero-order chi connectivity index (χ0) is 13.1. The molecule has 7 heteroatoms. The second kappa shape index (κ2) is 5.23. The first-order valence-corrected chi connectivity index (χ1v) is 6.35. The summed E-state index contributed by atoms with van der Waals surface area (Å²) in [6, 6.07) is 1.60. The van der Waals surface area contributed by atoms with Crippen LogP contribution in [-0.2, 0) is 0 Å². The molecule has 100 valence electrons. The van der Waals surface area contributed by atoms with Gasteiger partial charge in [-0.25, -0.2) is 5.10 Å². The van der Waals surface area contributed by atoms with Gasteiger partial charge in [0.05, 0.1) is 6.20 Å². The molecule has 1 fully saturated rings. The van der Waals surface area contributed by atoms with Crippen LogP contribution in [0.2, 0.25) is 0 Å². The second-order valence-electron chi connectivity index (χ2n) is 4.51. The molecule has 0 saturated carbocycles. The SMILES string of the molecule is Oc1cncc(-c2n[nH]c(N3CCCNCC3)n2)c1. The highest BCUT2D eigenvalue weighted by Crippen LogP contribution is 2.20. The first kappa shape index (κ1) is 11.9. The van der Waals surface area contributed by atoms with Crippen LogP contribution in [0.15, 0.2) is 18.5 Å². The normalized spacial score (nSPS) is 16.3. The van der Waals surface area contributed by atoms with Crippen LogP contribution >= 0.6 is 0 Å². The van der Waals surface area contributed by atoms with Crippen molar-refractivity contribution in [2.45, 2.75) is 6.42 Å². The number of aromatic nitrogens is 4. The molecule has 19 heavy (non-hydrogen) atoms. The summed E-state index contributed by atoms with van der Waals surface area (Å²) in [6.45, 7) is 3.85. The Kier molecular flexibility index (Phi) is 3.28. The molecular formula is C12H16N6O. The number of aromatic hydroxyl groups is 1. The van der Waals surface area contributed by atoms with Gasteiger partial charge < -0.3 is 15.3 Å². The van der Waals surface area contributed by atoms with Gasteiger partial charge in [-0.1, -0.05) is 0 Å². The van der Waals surface area contributed by atoms with Crippen LogP contribution in [0, 0.1) is 0 Å². The number of pyridine rings is 1. The van der Waals surface area contributed by atoms with Crippen molar-refractivity contribution in [1.29, 1.82) is 0 Å². The number of hydrogen-bond donors (Lipinski definition) is 3. The third-order valence-corrected chi connectivity index (χ3v) is 3.10. The molecular weight excluding hydrogens is 244 g/mol. The molecule has 7 nitrogen and oxygen atoms in total. The number of aromatic amines is 1. The molecule has 0 atom stereocenters. The predicted molar refractivity (Wildman–Crippen MR) is 71.0 cm³/mol. The number of hydrogen-bond acceptors (Lipinski definition) is 6. The minimum absolute atomic E-state index is 0.114. The molecule has 3 heterocycles. The van der Waals surface area contributed by atoms with Gasteiger partial charge in [-0.05, 0) is 19.0 Å². The van der Waals surface area contributed by atoms with Crippen LogP contribution in [0.1, 0.15) is 6.42 Å². The number of H-pyrrole nitrogens is 1. The summed E-state index contributed by atoms with van der Waals surface area (Å²) < 4.78 is 0. The Morgan fingerprint density at radius 2 is 2.16 bits per heavy atom. The van der Waals surface area contributed by atoms with Crippen LogP contribution in [0.5, 0.6) is 5.75 Å². The van der Waals surface area contributed by atoms with E-state index >= 15 is 0 Å². The quantitative estimate of drug-likeness (QED) is 0.723. The average Bonchev–Trinajstić information content (AvgIpc) is 2.75. The lowest BCUT2D eigenvalue weighted by atomic mass is 10.3. The Bertz CT molecular complexity index is 547. The van der Waals surface area contributed by atoms with E-state index in [9.17, 15) is 5.11 Å². The lowest BCUT2D eigenvalue weighted by Crippen LogP contribution is -2.28. The maximum atomic E-state index is 9.42. The summed E-state index contributed by atoms with van der Waals surface area (Å²) in [5.74, 6) is 1.43. The van der Waals surface area contributed by atoms with E-state index in [1.165, 1.54) is 6.20 Å². The smallest absolute Gasteiger partial charge is 0.221 e. The van der Waals surface area contributed by atoms with Crippen LogP contribution < -0.4 is 10.2 Å². The maximum Gasteiger partial charge on any atom is 0.221 e. The topological polar surface area (TPSA) is 90.0 Å². The molecule has 3 N–H and O–H groups in total. The minimum Gasteiger partial charge on any atom is -0.506 e. The fraction of sp³-hybridized carbons (Fsp3) is 0.417. The van der Waals surface area contributed by atoms with E-state index in [1.54, 1.807) is 12.3 Å². The molecule has 3 rings (SSSR count). The Balaban J connectivity index is 1.82. The first-order valence-electron chi connectivity index (χ1n) is 6.35. The van der Waals surface area contributed by atoms with Crippen LogP contribution in [-0.4, -0.2) is 51.5 Å². The molecule has 0 amide bonds. The van der Waals surface area contributed by atoms with E-state index in [-0.39, 0.29) is 5.75 Å². The Hall–Kier alpha value is -2.15. The number of nitrogens with one attached hydrogen (secondary N) is 2. The van der Waals surface area contributed by atoms with Crippen LogP contribution in [0.3, 0.4) is 0 Å². The third kappa shape index (κ3) is 2.65. The van der Waals surface area contributed by atoms with Gasteiger partial charge in [0.1, 0.15) is 5.75 Å². The summed E-state index contributed by atoms with van der Waals surface area (Å²) in [4.78, 5) is 10.6. The van der Waals surface area contributed by atoms with Gasteiger partial charge in [0.2, 0.25) is 5.95 Å². The van der Waals surface area contributed by atoms with Crippen molar-refractivity contribution >= 4 is 5.95 Å². The largest absolute Gasteiger partial charge is 0.506 e. The summed E-state index contributed by atoms with van der Waals surface area (Å²) >= 11 is 0. The zero-order valence-electron chi connectivity index (χ0n) is 10.5. The van der Waals surface area contributed by atoms with Crippen molar-refractivity contribution in [2.24, 2.45) is 0 Å². The highest BCUT2D eigenvalue weighted by atomic mass is 16.3. The lowest BCUT2D eigenvalue weighted by Gasteiger charge is -2.17. The average molecular weight is 260 g/mol. The lowest BCUT2D eigenvalue weighted by molar-refractivity contribution is 0.473. The van der Waals surface area contributed by atoms with Gasteiger partial charge in [0.15, 0.2) is 5.82 Å². The van der Waals surface area contributed by atoms with Crippen molar-refractivity contribution < 1.29 is 5.11 Å². The van der Waals surface area contributed by atoms with Crippen LogP contribution in [0.25, 0.3) is 11.4 Å². The van der Waals surface area contributed by atoms with Gasteiger partial charge in [-0.3, -0.25) is 4.98 Å². The van der Waals surface area contributed by atoms with Gasteiger partial charge in [0, 0.05) is 31.4 Å². The monoisotopic (exact) mass is 260 g/mol. The number of anilines is 1. The molecule has 2 aromatic heterocycles. The molecule has 1 aliphatic heterocycles. The summed E-state index contributed by atoms with van der Waals surface area (Å²) in [6.07, 6.45) is 4.11. The van der Waals surface area contributed by atoms with Crippen molar-refractivity contribution in [3.8, 4) is 17.1 Å². The first-order chi connectivity index (χ1) is 9.33. The fourth-order valence-electron chi connectivity index (χ4n) is 2.13. The van der Waals surface area contributed by atoms with Crippen molar-refractivity contribution in [2.75, 3.05) is 31.1 Å². The zero-order valence-corrected chi connectivity index (χ0v) is 10.5. The second-order valence-corrected chi connectivity index (χ2v) is 4.51. The molecule has 2 aromatic rings. The third-order valence-electron chi connectivity index (χ3n) is 3.10. The molecule has 1 saturated heterocycles. The Morgan fingerprint density at radius 3 is 3.05 bits per heavy atom. The van der Waals surface area contributed by atoms with Crippen molar-refractivity contribution in [1.82, 2.24) is 25.5 Å². The van der Waals surface area contributed by atoms with E-state index < -0.39 is 0 Å². The molecule has 0 radical (unpaired) electrons. The molecule has 0 aliphatic carbocycles. The summed E-state index contributed by atoms with van der Waals surface area (Å²) in [5.41, 5.74) is 0.704. The molecule has 0 bridgehead atoms. The van der Waals surface area contributed by atoms with Gasteiger partial charge in [0.25, 0.3) is 0 Å². The fourth-order valence-corrected chi connectivity index (χ4v) is 2.13. The van der Waals surface area contributed by atoms with Gasteiger partial charge in [-0.2, -0.15) is 10.1 Å². The Morgan fingerprint density at radius 1 is 1.21 bits per heavy atom. The molecule has 1 aliphatic rings. The Labute approximate surface area is 110 Å². The summed E-state index contributed by atoms with van der Waals surface area (Å²) in [5, 5.41) is 19.9. The number of nitrogens with zero attached hydrogens (tertiary/aromatic N) is 4. The van der Waals surface area contributed by atoms with Crippen molar-refractivity contribution in [3.63, 3.8) is 0 Å². The van der Waals surface area contributed by atoms with Gasteiger partial charge >= 0.3 is 0 Å². The summed E-state index contributed by atoms with van der Waals surface area (Å²) in [7, 11) is 0. The van der Waals surface area contributed by atoms with E-state index in [1.807, 2.05) is 0 Å². The number of rotatable bonds is 2. The molecule has 0 unspecified atom stereocenters. The van der Waals surface area contributed by atoms with E-state index in [0.717, 1.165) is 38.5 Å². The minimum atomic E-state index is 0.114. The predicted octanol–water partition coefficient (Wildman–Crippen LogP) is 0.372. The van der Waals surface area contributed by atoms with E-state index in [2.05, 4.69) is 30.4 Å². The maximum absolute atomic E-state index is 9.42. The van der Waals surface area contributed by atoms with E-state index in [4.69, 9.17) is 0 Å². The molecule has 0 spiro atoms. The highest BCUT2D eigenvalue weighted by Gasteiger charge is 2.14. The van der Waals surface area contributed by atoms with Crippen molar-refractivity contribution in [3.05, 3.63) is 18.5 Å². The van der Waals surface area contributed by atoms with E-state index in [0.29, 0.717) is 11.4 Å². The highest BCUT2D eigenvalue weighted by molar-refractivity contribution is 5.56. The molecule has 0 aromatic carbocycles.